The maximum absolute atomic E-state index is 11.9. The van der Waals surface area contributed by atoms with Crippen LogP contribution >= 0.6 is 0 Å². The van der Waals surface area contributed by atoms with Crippen molar-refractivity contribution in [3.63, 3.8) is 0 Å². The molecular formula is C14H20N2O3. The number of amides is 1. The monoisotopic (exact) mass is 264 g/mol. The summed E-state index contributed by atoms with van der Waals surface area (Å²) in [4.78, 5) is 26.9. The summed E-state index contributed by atoms with van der Waals surface area (Å²) >= 11 is 0. The quantitative estimate of drug-likeness (QED) is 0.822. The van der Waals surface area contributed by atoms with Gasteiger partial charge in [-0.1, -0.05) is 13.8 Å². The number of nitrogens with zero attached hydrogens (tertiary/aromatic N) is 1. The lowest BCUT2D eigenvalue weighted by Crippen LogP contribution is -2.33. The molecule has 104 valence electrons. The second-order valence-corrected chi connectivity index (χ2v) is 5.13. The molecule has 1 aromatic heterocycles. The topological polar surface area (TPSA) is 79.3 Å². The minimum Gasteiger partial charge on any atom is -0.481 e. The predicted molar refractivity (Wildman–Crippen MR) is 71.9 cm³/mol. The van der Waals surface area contributed by atoms with Crippen LogP contribution in [0.5, 0.6) is 0 Å². The molecule has 1 rings (SSSR count). The van der Waals surface area contributed by atoms with Gasteiger partial charge < -0.3 is 10.4 Å². The lowest BCUT2D eigenvalue weighted by atomic mass is 9.97. The largest absolute Gasteiger partial charge is 0.481 e. The molecule has 0 saturated carbocycles. The first-order valence-corrected chi connectivity index (χ1v) is 6.32. The van der Waals surface area contributed by atoms with E-state index in [4.69, 9.17) is 5.11 Å². The molecule has 0 bridgehead atoms. The minimum atomic E-state index is -0.878. The van der Waals surface area contributed by atoms with E-state index in [0.717, 1.165) is 5.56 Å². The molecule has 5 nitrogen and oxygen atoms in total. The van der Waals surface area contributed by atoms with E-state index < -0.39 is 11.9 Å². The van der Waals surface area contributed by atoms with Crippen molar-refractivity contribution in [2.75, 3.05) is 6.54 Å². The van der Waals surface area contributed by atoms with Gasteiger partial charge in [0, 0.05) is 18.9 Å². The second-order valence-electron chi connectivity index (χ2n) is 5.13. The number of aliphatic carboxylic acids is 1. The van der Waals surface area contributed by atoms with Gasteiger partial charge in [-0.3, -0.25) is 14.6 Å². The number of hydrogen-bond acceptors (Lipinski definition) is 3. The molecule has 1 atom stereocenters. The van der Waals surface area contributed by atoms with Gasteiger partial charge >= 0.3 is 5.97 Å². The Hall–Kier alpha value is -1.91. The van der Waals surface area contributed by atoms with Crippen molar-refractivity contribution in [2.45, 2.75) is 27.2 Å². The average Bonchev–Trinajstić information content (AvgIpc) is 2.33. The average molecular weight is 264 g/mol. The van der Waals surface area contributed by atoms with Gasteiger partial charge in [0.15, 0.2) is 0 Å². The van der Waals surface area contributed by atoms with Gasteiger partial charge in [-0.15, -0.1) is 0 Å². The van der Waals surface area contributed by atoms with Crippen LogP contribution in [-0.2, 0) is 4.79 Å². The van der Waals surface area contributed by atoms with Crippen LogP contribution in [0.3, 0.4) is 0 Å². The fraction of sp³-hybridized carbons (Fsp3) is 0.500. The third-order valence-corrected chi connectivity index (χ3v) is 2.75. The molecular weight excluding hydrogens is 244 g/mol. The van der Waals surface area contributed by atoms with Gasteiger partial charge in [0.25, 0.3) is 5.91 Å². The first kappa shape index (κ1) is 15.1. The lowest BCUT2D eigenvalue weighted by Gasteiger charge is -2.15. The van der Waals surface area contributed by atoms with Crippen LogP contribution in [0, 0.1) is 18.8 Å². The zero-order valence-corrected chi connectivity index (χ0v) is 11.5. The molecule has 0 saturated heterocycles. The van der Waals surface area contributed by atoms with Gasteiger partial charge in [0.1, 0.15) is 0 Å². The standard InChI is InChI=1S/C14H20N2O3/c1-9(2)4-12(14(18)19)8-16-13(17)11-5-10(3)6-15-7-11/h5-7,9,12H,4,8H2,1-3H3,(H,16,17)(H,18,19). The normalized spacial score (nSPS) is 12.2. The van der Waals surface area contributed by atoms with Crippen molar-refractivity contribution in [3.05, 3.63) is 29.6 Å². The van der Waals surface area contributed by atoms with E-state index in [-0.39, 0.29) is 18.4 Å². The Morgan fingerprint density at radius 2 is 2.05 bits per heavy atom. The zero-order valence-electron chi connectivity index (χ0n) is 11.5. The first-order chi connectivity index (χ1) is 8.90. The van der Waals surface area contributed by atoms with Crippen molar-refractivity contribution in [3.8, 4) is 0 Å². The van der Waals surface area contributed by atoms with E-state index in [1.165, 1.54) is 6.20 Å². The molecule has 0 aliphatic rings. The van der Waals surface area contributed by atoms with Crippen molar-refractivity contribution in [2.24, 2.45) is 11.8 Å². The van der Waals surface area contributed by atoms with Crippen LogP contribution in [0.15, 0.2) is 18.5 Å². The highest BCUT2D eigenvalue weighted by Crippen LogP contribution is 2.11. The molecule has 1 unspecified atom stereocenters. The second kappa shape index (κ2) is 6.87. The highest BCUT2D eigenvalue weighted by molar-refractivity contribution is 5.94. The summed E-state index contributed by atoms with van der Waals surface area (Å²) in [7, 11) is 0. The smallest absolute Gasteiger partial charge is 0.308 e. The number of hydrogen-bond donors (Lipinski definition) is 2. The predicted octanol–water partition coefficient (Wildman–Crippen LogP) is 1.87. The Labute approximate surface area is 113 Å². The number of carboxylic acids is 1. The molecule has 1 heterocycles. The number of aryl methyl sites for hydroxylation is 1. The van der Waals surface area contributed by atoms with E-state index >= 15 is 0 Å². The molecule has 0 radical (unpaired) electrons. The molecule has 0 aromatic carbocycles. The van der Waals surface area contributed by atoms with Crippen molar-refractivity contribution in [1.29, 1.82) is 0 Å². The van der Waals surface area contributed by atoms with Gasteiger partial charge in [-0.2, -0.15) is 0 Å². The van der Waals surface area contributed by atoms with Crippen LogP contribution in [0.1, 0.15) is 36.2 Å². The number of aromatic nitrogens is 1. The van der Waals surface area contributed by atoms with E-state index in [1.807, 2.05) is 20.8 Å². The van der Waals surface area contributed by atoms with Gasteiger partial charge in [0.05, 0.1) is 11.5 Å². The molecule has 2 N–H and O–H groups in total. The Morgan fingerprint density at radius 3 is 2.58 bits per heavy atom. The molecule has 0 spiro atoms. The summed E-state index contributed by atoms with van der Waals surface area (Å²) in [6, 6.07) is 1.72. The van der Waals surface area contributed by atoms with Crippen LogP contribution in [0.2, 0.25) is 0 Å². The summed E-state index contributed by atoms with van der Waals surface area (Å²) in [5, 5.41) is 11.7. The summed E-state index contributed by atoms with van der Waals surface area (Å²) in [6.45, 7) is 5.91. The molecule has 19 heavy (non-hydrogen) atoms. The third-order valence-electron chi connectivity index (χ3n) is 2.75. The number of carboxylic acid groups (broad SMARTS) is 1. The van der Waals surface area contributed by atoms with E-state index in [1.54, 1.807) is 12.3 Å². The molecule has 5 heteroatoms. The summed E-state index contributed by atoms with van der Waals surface area (Å²) in [5.41, 5.74) is 1.35. The minimum absolute atomic E-state index is 0.139. The van der Waals surface area contributed by atoms with Crippen LogP contribution < -0.4 is 5.32 Å². The number of carbonyl (C=O) groups is 2. The number of rotatable bonds is 6. The van der Waals surface area contributed by atoms with Gasteiger partial charge in [0.2, 0.25) is 0 Å². The number of pyridine rings is 1. The molecule has 1 aromatic rings. The van der Waals surface area contributed by atoms with Crippen LogP contribution in [0.25, 0.3) is 0 Å². The molecule has 1 amide bonds. The van der Waals surface area contributed by atoms with Crippen molar-refractivity contribution < 1.29 is 14.7 Å². The van der Waals surface area contributed by atoms with Crippen molar-refractivity contribution >= 4 is 11.9 Å². The molecule has 0 fully saturated rings. The molecule has 0 aliphatic carbocycles. The van der Waals surface area contributed by atoms with Gasteiger partial charge in [-0.25, -0.2) is 0 Å². The van der Waals surface area contributed by atoms with Crippen LogP contribution in [-0.4, -0.2) is 28.5 Å². The SMILES string of the molecule is Cc1cncc(C(=O)NCC(CC(C)C)C(=O)O)c1. The Balaban J connectivity index is 2.59. The summed E-state index contributed by atoms with van der Waals surface area (Å²) in [5.74, 6) is -1.44. The fourth-order valence-electron chi connectivity index (χ4n) is 1.84. The highest BCUT2D eigenvalue weighted by Gasteiger charge is 2.20. The Bertz CT molecular complexity index is 458. The number of nitrogens with one attached hydrogen (secondary N) is 1. The Morgan fingerprint density at radius 1 is 1.37 bits per heavy atom. The van der Waals surface area contributed by atoms with Crippen LogP contribution in [0.4, 0.5) is 0 Å². The fourth-order valence-corrected chi connectivity index (χ4v) is 1.84. The van der Waals surface area contributed by atoms with E-state index in [0.29, 0.717) is 12.0 Å². The van der Waals surface area contributed by atoms with E-state index in [2.05, 4.69) is 10.3 Å². The third kappa shape index (κ3) is 5.07. The highest BCUT2D eigenvalue weighted by atomic mass is 16.4. The van der Waals surface area contributed by atoms with E-state index in [9.17, 15) is 9.59 Å². The zero-order chi connectivity index (χ0) is 14.4. The lowest BCUT2D eigenvalue weighted by molar-refractivity contribution is -0.142. The van der Waals surface area contributed by atoms with Crippen molar-refractivity contribution in [1.82, 2.24) is 10.3 Å². The summed E-state index contributed by atoms with van der Waals surface area (Å²) in [6.07, 6.45) is 3.68. The molecule has 0 aliphatic heterocycles. The Kier molecular flexibility index (Phi) is 5.48. The maximum atomic E-state index is 11.9. The summed E-state index contributed by atoms with van der Waals surface area (Å²) < 4.78 is 0. The number of carbonyl (C=O) groups excluding carboxylic acids is 1. The maximum Gasteiger partial charge on any atom is 0.308 e. The van der Waals surface area contributed by atoms with Gasteiger partial charge in [-0.05, 0) is 30.9 Å². The first-order valence-electron chi connectivity index (χ1n) is 6.32.